The van der Waals surface area contributed by atoms with E-state index in [9.17, 15) is 4.79 Å². The molecule has 3 rings (SSSR count). The average Bonchev–Trinajstić information content (AvgIpc) is 2.99. The van der Waals surface area contributed by atoms with Crippen LogP contribution in [0.1, 0.15) is 12.0 Å². The normalized spacial score (nSPS) is 23.0. The molecule has 0 saturated carbocycles. The van der Waals surface area contributed by atoms with E-state index in [0.29, 0.717) is 12.2 Å². The van der Waals surface area contributed by atoms with Crippen molar-refractivity contribution in [2.45, 2.75) is 25.0 Å². The number of benzene rings is 1. The molecule has 0 unspecified atom stereocenters. The fourth-order valence-electron chi connectivity index (χ4n) is 2.69. The summed E-state index contributed by atoms with van der Waals surface area (Å²) in [6.07, 6.45) is 1.93. The van der Waals surface area contributed by atoms with Crippen molar-refractivity contribution in [2.75, 3.05) is 21.0 Å². The molecule has 0 radical (unpaired) electrons. The Bertz CT molecular complexity index is 594. The second-order valence-corrected chi connectivity index (χ2v) is 5.11. The van der Waals surface area contributed by atoms with Crippen LogP contribution >= 0.6 is 0 Å². The predicted octanol–water partition coefficient (Wildman–Crippen LogP) is 1.82. The van der Waals surface area contributed by atoms with E-state index in [-0.39, 0.29) is 19.0 Å². The maximum absolute atomic E-state index is 11.6. The number of hydrogen-bond donors (Lipinski definition) is 0. The maximum atomic E-state index is 11.6. The smallest absolute Gasteiger partial charge is 0.334 e. The summed E-state index contributed by atoms with van der Waals surface area (Å²) in [6.45, 7) is 0.257. The van der Waals surface area contributed by atoms with Crippen molar-refractivity contribution in [3.8, 4) is 11.5 Å². The Balaban J connectivity index is 1.67. The van der Waals surface area contributed by atoms with Crippen molar-refractivity contribution in [2.24, 2.45) is 0 Å². The van der Waals surface area contributed by atoms with E-state index in [1.807, 2.05) is 18.2 Å². The summed E-state index contributed by atoms with van der Waals surface area (Å²) in [5.41, 5.74) is 1.09. The minimum absolute atomic E-state index is 0.257. The molecule has 0 N–H and O–H groups in total. The average molecular weight is 306 g/mol. The zero-order valence-corrected chi connectivity index (χ0v) is 12.5. The number of methoxy groups -OCH3 is 2. The van der Waals surface area contributed by atoms with Crippen LogP contribution < -0.4 is 9.47 Å². The van der Waals surface area contributed by atoms with Crippen LogP contribution in [-0.2, 0) is 25.4 Å². The van der Waals surface area contributed by atoms with E-state index in [0.717, 1.165) is 23.5 Å². The Morgan fingerprint density at radius 3 is 2.82 bits per heavy atom. The van der Waals surface area contributed by atoms with E-state index < -0.39 is 5.97 Å². The number of rotatable bonds is 5. The molecule has 1 aromatic carbocycles. The highest BCUT2D eigenvalue weighted by Crippen LogP contribution is 2.33. The molecular formula is C16H18O6. The summed E-state index contributed by atoms with van der Waals surface area (Å²) in [5, 5.41) is 0. The van der Waals surface area contributed by atoms with Gasteiger partial charge in [-0.05, 0) is 30.5 Å². The first kappa shape index (κ1) is 14.7. The van der Waals surface area contributed by atoms with Gasteiger partial charge in [-0.3, -0.25) is 0 Å². The quantitative estimate of drug-likeness (QED) is 0.773. The summed E-state index contributed by atoms with van der Waals surface area (Å²) in [4.78, 5) is 11.6. The fraction of sp³-hybridized carbons (Fsp3) is 0.438. The first-order chi connectivity index (χ1) is 10.7. The van der Waals surface area contributed by atoms with Gasteiger partial charge < -0.3 is 23.7 Å². The number of fused-ring (bicyclic) bond motifs is 1. The third-order valence-electron chi connectivity index (χ3n) is 3.79. The van der Waals surface area contributed by atoms with Crippen molar-refractivity contribution < 1.29 is 28.5 Å². The molecular weight excluding hydrogens is 288 g/mol. The standard InChI is InChI=1S/C16H18O6/c1-18-14-8-15(17)22-12(16(14)19-2)6-4-10-3-5-11-13(7-10)21-9-20-11/h3,5,7-8,12,16H,4,6,9H2,1-2H3/t12-,16-/m0/s1. The molecule has 118 valence electrons. The van der Waals surface area contributed by atoms with Gasteiger partial charge in [-0.25, -0.2) is 4.79 Å². The van der Waals surface area contributed by atoms with Crippen LogP contribution in [-0.4, -0.2) is 39.2 Å². The van der Waals surface area contributed by atoms with E-state index in [4.69, 9.17) is 23.7 Å². The van der Waals surface area contributed by atoms with Crippen LogP contribution in [0.3, 0.4) is 0 Å². The Morgan fingerprint density at radius 1 is 1.23 bits per heavy atom. The molecule has 22 heavy (non-hydrogen) atoms. The van der Waals surface area contributed by atoms with E-state index >= 15 is 0 Å². The number of carbonyl (C=O) groups excluding carboxylic acids is 1. The van der Waals surface area contributed by atoms with Crippen LogP contribution in [0.25, 0.3) is 0 Å². The van der Waals surface area contributed by atoms with Crippen LogP contribution in [0, 0.1) is 0 Å². The van der Waals surface area contributed by atoms with Crippen molar-refractivity contribution in [3.05, 3.63) is 35.6 Å². The number of carbonyl (C=O) groups is 1. The second kappa shape index (κ2) is 6.27. The summed E-state index contributed by atoms with van der Waals surface area (Å²) in [7, 11) is 3.09. The Morgan fingerprint density at radius 2 is 2.05 bits per heavy atom. The van der Waals surface area contributed by atoms with Gasteiger partial charge in [0.15, 0.2) is 17.6 Å². The molecule has 2 aliphatic rings. The third kappa shape index (κ3) is 2.87. The number of esters is 1. The van der Waals surface area contributed by atoms with Gasteiger partial charge in [0.25, 0.3) is 0 Å². The summed E-state index contributed by atoms with van der Waals surface area (Å²) < 4.78 is 26.6. The highest BCUT2D eigenvalue weighted by molar-refractivity contribution is 5.83. The van der Waals surface area contributed by atoms with Gasteiger partial charge in [-0.1, -0.05) is 6.07 Å². The first-order valence-corrected chi connectivity index (χ1v) is 7.09. The first-order valence-electron chi connectivity index (χ1n) is 7.09. The number of cyclic esters (lactones) is 1. The van der Waals surface area contributed by atoms with Crippen molar-refractivity contribution in [3.63, 3.8) is 0 Å². The molecule has 0 bridgehead atoms. The van der Waals surface area contributed by atoms with Gasteiger partial charge in [0.1, 0.15) is 11.9 Å². The van der Waals surface area contributed by atoms with Gasteiger partial charge in [0.2, 0.25) is 6.79 Å². The lowest BCUT2D eigenvalue weighted by atomic mass is 10.00. The summed E-state index contributed by atoms with van der Waals surface area (Å²) in [5.74, 6) is 1.60. The molecule has 1 aromatic rings. The van der Waals surface area contributed by atoms with Gasteiger partial charge in [0.05, 0.1) is 13.2 Å². The largest absolute Gasteiger partial charge is 0.498 e. The molecule has 0 fully saturated rings. The molecule has 0 aromatic heterocycles. The van der Waals surface area contributed by atoms with E-state index in [2.05, 4.69) is 0 Å². The third-order valence-corrected chi connectivity index (χ3v) is 3.79. The topological polar surface area (TPSA) is 63.2 Å². The van der Waals surface area contributed by atoms with Crippen molar-refractivity contribution in [1.29, 1.82) is 0 Å². The molecule has 0 spiro atoms. The summed E-state index contributed by atoms with van der Waals surface area (Å²) in [6, 6.07) is 5.81. The lowest BCUT2D eigenvalue weighted by Crippen LogP contribution is -2.39. The van der Waals surface area contributed by atoms with Crippen LogP contribution in [0.5, 0.6) is 11.5 Å². The lowest BCUT2D eigenvalue weighted by molar-refractivity contribution is -0.154. The lowest BCUT2D eigenvalue weighted by Gasteiger charge is -2.30. The molecule has 2 aliphatic heterocycles. The molecule has 6 nitrogen and oxygen atoms in total. The number of ether oxygens (including phenoxy) is 5. The number of hydrogen-bond acceptors (Lipinski definition) is 6. The fourth-order valence-corrected chi connectivity index (χ4v) is 2.69. The SMILES string of the molecule is COC1=CC(=O)O[C@@H](CCc2ccc3c(c2)OCO3)[C@@H]1OC. The highest BCUT2D eigenvalue weighted by Gasteiger charge is 2.33. The minimum Gasteiger partial charge on any atom is -0.498 e. The molecule has 2 heterocycles. The predicted molar refractivity (Wildman–Crippen MR) is 76.7 cm³/mol. The molecule has 6 heteroatoms. The zero-order valence-electron chi connectivity index (χ0n) is 12.5. The number of aryl methyl sites for hydroxylation is 1. The molecule has 0 amide bonds. The van der Waals surface area contributed by atoms with Crippen molar-refractivity contribution >= 4 is 5.97 Å². The second-order valence-electron chi connectivity index (χ2n) is 5.11. The van der Waals surface area contributed by atoms with Gasteiger partial charge in [-0.2, -0.15) is 0 Å². The minimum atomic E-state index is -0.402. The summed E-state index contributed by atoms with van der Waals surface area (Å²) >= 11 is 0. The van der Waals surface area contributed by atoms with E-state index in [1.165, 1.54) is 13.2 Å². The molecule has 0 saturated heterocycles. The zero-order chi connectivity index (χ0) is 15.5. The van der Waals surface area contributed by atoms with Crippen LogP contribution in [0.4, 0.5) is 0 Å². The maximum Gasteiger partial charge on any atom is 0.334 e. The van der Waals surface area contributed by atoms with Gasteiger partial charge >= 0.3 is 5.97 Å². The van der Waals surface area contributed by atoms with Crippen molar-refractivity contribution in [1.82, 2.24) is 0 Å². The molecule has 2 atom stereocenters. The molecule has 0 aliphatic carbocycles. The Kier molecular flexibility index (Phi) is 4.20. The van der Waals surface area contributed by atoms with Gasteiger partial charge in [-0.15, -0.1) is 0 Å². The highest BCUT2D eigenvalue weighted by atomic mass is 16.7. The van der Waals surface area contributed by atoms with E-state index in [1.54, 1.807) is 7.11 Å². The van der Waals surface area contributed by atoms with Crippen LogP contribution in [0.15, 0.2) is 30.0 Å². The Labute approximate surface area is 128 Å². The van der Waals surface area contributed by atoms with Gasteiger partial charge in [0, 0.05) is 7.11 Å². The monoisotopic (exact) mass is 306 g/mol. The Hall–Kier alpha value is -2.21. The van der Waals surface area contributed by atoms with Crippen LogP contribution in [0.2, 0.25) is 0 Å².